The van der Waals surface area contributed by atoms with Gasteiger partial charge in [-0.05, 0) is 38.8 Å². The molecule has 25 heavy (non-hydrogen) atoms. The minimum atomic E-state index is -0.435. The monoisotopic (exact) mass is 332 g/mol. The zero-order valence-electron chi connectivity index (χ0n) is 15.3. The van der Waals surface area contributed by atoms with Crippen LogP contribution in [0.5, 0.6) is 11.5 Å². The molecule has 3 heterocycles. The van der Waals surface area contributed by atoms with Crippen molar-refractivity contribution in [2.45, 2.75) is 27.2 Å². The molecule has 0 fully saturated rings. The van der Waals surface area contributed by atoms with Crippen molar-refractivity contribution in [1.82, 2.24) is 4.57 Å². The quantitative estimate of drug-likeness (QED) is 0.517. The van der Waals surface area contributed by atoms with Crippen LogP contribution in [0.3, 0.4) is 0 Å². The Morgan fingerprint density at radius 2 is 2.04 bits per heavy atom. The minimum absolute atomic E-state index is 0.435. The number of aryl methyl sites for hydroxylation is 3. The van der Waals surface area contributed by atoms with Gasteiger partial charge in [0.15, 0.2) is 11.9 Å². The van der Waals surface area contributed by atoms with Crippen molar-refractivity contribution >= 4 is 10.9 Å². The Morgan fingerprint density at radius 1 is 1.28 bits per heavy atom. The maximum Gasteiger partial charge on any atom is 0.256 e. The van der Waals surface area contributed by atoms with Gasteiger partial charge in [-0.15, -0.1) is 0 Å². The van der Waals surface area contributed by atoms with E-state index in [1.807, 2.05) is 34.1 Å². The molecule has 0 amide bonds. The van der Waals surface area contributed by atoms with Crippen LogP contribution in [0, 0.1) is 23.7 Å². The molecule has 0 aliphatic carbocycles. The first-order chi connectivity index (χ1) is 11.8. The first-order valence-electron chi connectivity index (χ1n) is 8.52. The summed E-state index contributed by atoms with van der Waals surface area (Å²) in [6.07, 6.45) is 4.77. The highest BCUT2D eigenvalue weighted by molar-refractivity contribution is 6.03. The number of benzene rings is 1. The Balaban J connectivity index is 2.04. The molecule has 0 N–H and O–H groups in total. The van der Waals surface area contributed by atoms with Crippen molar-refractivity contribution in [2.24, 2.45) is 19.5 Å². The van der Waals surface area contributed by atoms with Crippen LogP contribution >= 0.6 is 0 Å². The molecule has 1 aromatic carbocycles. The standard InChI is InChI=1S/C21H22N3O/c1-13-6-7-15-18-16(11-24(15)5)25-20-14(10-21(2,3)12-22)8-9-23(4)19(20)17(13)18/h6-9,11H,10H2,1-5H3/q+1. The molecule has 1 aliphatic rings. The molecule has 4 nitrogen and oxygen atoms in total. The third-order valence-electron chi connectivity index (χ3n) is 5.07. The second-order valence-corrected chi connectivity index (χ2v) is 7.66. The van der Waals surface area contributed by atoms with Gasteiger partial charge in [0.25, 0.3) is 5.69 Å². The summed E-state index contributed by atoms with van der Waals surface area (Å²) in [5.74, 6) is 1.77. The Morgan fingerprint density at radius 3 is 2.76 bits per heavy atom. The summed E-state index contributed by atoms with van der Waals surface area (Å²) in [4.78, 5) is 0. The third kappa shape index (κ3) is 2.23. The molecular formula is C21H22N3O+. The van der Waals surface area contributed by atoms with Crippen molar-refractivity contribution in [3.63, 3.8) is 0 Å². The van der Waals surface area contributed by atoms with Crippen LogP contribution in [-0.4, -0.2) is 4.57 Å². The van der Waals surface area contributed by atoms with E-state index in [2.05, 4.69) is 46.5 Å². The summed E-state index contributed by atoms with van der Waals surface area (Å²) in [5.41, 5.74) is 5.36. The number of fused-ring (bicyclic) bond motifs is 2. The van der Waals surface area contributed by atoms with E-state index in [1.54, 1.807) is 0 Å². The number of hydrogen-bond donors (Lipinski definition) is 0. The molecule has 3 aromatic rings. The van der Waals surface area contributed by atoms with Crippen LogP contribution in [0.25, 0.3) is 22.2 Å². The van der Waals surface area contributed by atoms with Gasteiger partial charge in [-0.3, -0.25) is 0 Å². The van der Waals surface area contributed by atoms with Gasteiger partial charge in [-0.1, -0.05) is 6.07 Å². The summed E-state index contributed by atoms with van der Waals surface area (Å²) in [5, 5.41) is 10.6. The first kappa shape index (κ1) is 15.7. The van der Waals surface area contributed by atoms with Gasteiger partial charge in [-0.2, -0.15) is 9.83 Å². The summed E-state index contributed by atoms with van der Waals surface area (Å²) in [7, 11) is 4.09. The highest BCUT2D eigenvalue weighted by atomic mass is 16.5. The fraction of sp³-hybridized carbons (Fsp3) is 0.333. The molecule has 0 unspecified atom stereocenters. The van der Waals surface area contributed by atoms with Gasteiger partial charge in [0.2, 0.25) is 5.75 Å². The SMILES string of the molecule is Cc1ccc2c3c(cn2C)Oc2c(CC(C)(C)C#N)cc[n+](C)c2-c13. The smallest absolute Gasteiger partial charge is 0.256 e. The Kier molecular flexibility index (Phi) is 3.20. The maximum absolute atomic E-state index is 9.44. The van der Waals surface area contributed by atoms with Crippen LogP contribution in [0.4, 0.5) is 0 Å². The second-order valence-electron chi connectivity index (χ2n) is 7.66. The Hall–Kier alpha value is -2.80. The molecule has 4 heteroatoms. The van der Waals surface area contributed by atoms with Gasteiger partial charge in [0.05, 0.1) is 28.0 Å². The second kappa shape index (κ2) is 5.10. The number of nitriles is 1. The van der Waals surface area contributed by atoms with Gasteiger partial charge < -0.3 is 9.30 Å². The van der Waals surface area contributed by atoms with Gasteiger partial charge in [0, 0.05) is 24.9 Å². The molecule has 4 rings (SSSR count). The van der Waals surface area contributed by atoms with Crippen molar-refractivity contribution in [3.05, 3.63) is 41.7 Å². The van der Waals surface area contributed by atoms with E-state index >= 15 is 0 Å². The fourth-order valence-electron chi connectivity index (χ4n) is 3.76. The number of nitrogens with zero attached hydrogens (tertiary/aromatic N) is 3. The highest BCUT2D eigenvalue weighted by Crippen LogP contribution is 2.48. The molecular weight excluding hydrogens is 310 g/mol. The maximum atomic E-state index is 9.44. The first-order valence-corrected chi connectivity index (χ1v) is 8.52. The largest absolute Gasteiger partial charge is 0.448 e. The van der Waals surface area contributed by atoms with Crippen LogP contribution in [-0.2, 0) is 20.5 Å². The van der Waals surface area contributed by atoms with E-state index in [0.717, 1.165) is 22.8 Å². The lowest BCUT2D eigenvalue weighted by Crippen LogP contribution is -2.32. The van der Waals surface area contributed by atoms with Gasteiger partial charge in [0.1, 0.15) is 7.05 Å². The molecule has 0 atom stereocenters. The zero-order valence-corrected chi connectivity index (χ0v) is 15.3. The van der Waals surface area contributed by atoms with E-state index in [0.29, 0.717) is 6.42 Å². The molecule has 0 bridgehead atoms. The third-order valence-corrected chi connectivity index (χ3v) is 5.07. The van der Waals surface area contributed by atoms with E-state index in [1.165, 1.54) is 22.0 Å². The van der Waals surface area contributed by atoms with Crippen molar-refractivity contribution in [2.75, 3.05) is 0 Å². The number of hydrogen-bond acceptors (Lipinski definition) is 2. The summed E-state index contributed by atoms with van der Waals surface area (Å²) in [6, 6.07) is 8.79. The van der Waals surface area contributed by atoms with Crippen LogP contribution in [0.1, 0.15) is 25.0 Å². The molecule has 0 spiro atoms. The lowest BCUT2D eigenvalue weighted by atomic mass is 9.86. The molecule has 126 valence electrons. The predicted octanol–water partition coefficient (Wildman–Crippen LogP) is 4.18. The summed E-state index contributed by atoms with van der Waals surface area (Å²) >= 11 is 0. The normalized spacial score (nSPS) is 12.6. The van der Waals surface area contributed by atoms with Crippen molar-refractivity contribution < 1.29 is 9.30 Å². The highest BCUT2D eigenvalue weighted by Gasteiger charge is 2.34. The number of rotatable bonds is 2. The van der Waals surface area contributed by atoms with Crippen molar-refractivity contribution in [3.8, 4) is 28.8 Å². The predicted molar refractivity (Wildman–Crippen MR) is 97.4 cm³/mol. The van der Waals surface area contributed by atoms with Crippen LogP contribution in [0.15, 0.2) is 30.6 Å². The van der Waals surface area contributed by atoms with Gasteiger partial charge in [-0.25, -0.2) is 0 Å². The topological polar surface area (TPSA) is 41.8 Å². The number of pyridine rings is 1. The lowest BCUT2D eigenvalue weighted by molar-refractivity contribution is -0.660. The zero-order chi connectivity index (χ0) is 17.9. The average molecular weight is 332 g/mol. The molecule has 1 aliphatic heterocycles. The van der Waals surface area contributed by atoms with E-state index in [9.17, 15) is 5.26 Å². The minimum Gasteiger partial charge on any atom is -0.448 e. The van der Waals surface area contributed by atoms with E-state index in [-0.39, 0.29) is 0 Å². The van der Waals surface area contributed by atoms with Gasteiger partial charge >= 0.3 is 0 Å². The Labute approximate surface area is 147 Å². The average Bonchev–Trinajstić information content (AvgIpc) is 2.89. The number of ether oxygens (including phenoxy) is 1. The van der Waals surface area contributed by atoms with Crippen LogP contribution in [0.2, 0.25) is 0 Å². The van der Waals surface area contributed by atoms with E-state index < -0.39 is 5.41 Å². The Bertz CT molecular complexity index is 1070. The summed E-state index contributed by atoms with van der Waals surface area (Å²) in [6.45, 7) is 6.08. The molecule has 0 saturated carbocycles. The van der Waals surface area contributed by atoms with Crippen LogP contribution < -0.4 is 9.30 Å². The fourth-order valence-corrected chi connectivity index (χ4v) is 3.76. The van der Waals surface area contributed by atoms with Crippen molar-refractivity contribution in [1.29, 1.82) is 5.26 Å². The lowest BCUT2D eigenvalue weighted by Gasteiger charge is -2.22. The summed E-state index contributed by atoms with van der Waals surface area (Å²) < 4.78 is 10.6. The molecule has 2 aromatic heterocycles. The molecule has 0 saturated heterocycles. The molecule has 0 radical (unpaired) electrons. The number of aromatic nitrogens is 2. The van der Waals surface area contributed by atoms with E-state index in [4.69, 9.17) is 4.74 Å².